The predicted molar refractivity (Wildman–Crippen MR) is 76.0 cm³/mol. The number of fused-ring (bicyclic) bond motifs is 1. The van der Waals surface area contributed by atoms with Crippen LogP contribution in [-0.2, 0) is 6.42 Å². The lowest BCUT2D eigenvalue weighted by Crippen LogP contribution is -2.13. The molecule has 0 spiro atoms. The van der Waals surface area contributed by atoms with Crippen LogP contribution < -0.4 is 16.6 Å². The van der Waals surface area contributed by atoms with Crippen molar-refractivity contribution in [3.63, 3.8) is 0 Å². The Bertz CT molecular complexity index is 661. The molecule has 0 aliphatic rings. The number of thiophene rings is 1. The van der Waals surface area contributed by atoms with Gasteiger partial charge in [0.2, 0.25) is 5.95 Å². The monoisotopic (exact) mass is 275 g/mol. The van der Waals surface area contributed by atoms with Crippen LogP contribution in [0.25, 0.3) is 11.0 Å². The van der Waals surface area contributed by atoms with Crippen LogP contribution in [0.1, 0.15) is 4.88 Å². The van der Waals surface area contributed by atoms with Crippen molar-refractivity contribution in [2.75, 3.05) is 17.3 Å². The molecule has 0 aliphatic carbocycles. The van der Waals surface area contributed by atoms with Gasteiger partial charge in [-0.25, -0.2) is 5.84 Å². The number of rotatable bonds is 5. The first-order valence-corrected chi connectivity index (χ1v) is 6.69. The molecule has 0 amide bonds. The Morgan fingerprint density at radius 1 is 1.37 bits per heavy atom. The molecular formula is C11H13N7S. The molecule has 98 valence electrons. The van der Waals surface area contributed by atoms with Crippen LogP contribution in [0.4, 0.5) is 11.8 Å². The van der Waals surface area contributed by atoms with Crippen molar-refractivity contribution in [2.45, 2.75) is 6.42 Å². The average Bonchev–Trinajstić information content (AvgIpc) is 3.08. The molecule has 3 rings (SSSR count). The SMILES string of the molecule is NNc1nc(NCCc2cccs2)c2cn[nH]c2n1. The van der Waals surface area contributed by atoms with Gasteiger partial charge in [-0.1, -0.05) is 6.07 Å². The highest BCUT2D eigenvalue weighted by atomic mass is 32.1. The van der Waals surface area contributed by atoms with Gasteiger partial charge in [-0.2, -0.15) is 15.1 Å². The topological polar surface area (TPSA) is 105 Å². The first-order chi connectivity index (χ1) is 9.36. The Kier molecular flexibility index (Phi) is 3.25. The Morgan fingerprint density at radius 3 is 3.11 bits per heavy atom. The van der Waals surface area contributed by atoms with Crippen molar-refractivity contribution < 1.29 is 0 Å². The number of aromatic nitrogens is 4. The molecule has 3 heterocycles. The number of hydrogen-bond donors (Lipinski definition) is 4. The summed E-state index contributed by atoms with van der Waals surface area (Å²) >= 11 is 1.75. The number of H-pyrrole nitrogens is 1. The number of nitrogens with zero attached hydrogens (tertiary/aromatic N) is 3. The first-order valence-electron chi connectivity index (χ1n) is 5.81. The Balaban J connectivity index is 1.77. The summed E-state index contributed by atoms with van der Waals surface area (Å²) in [6, 6.07) is 4.17. The van der Waals surface area contributed by atoms with E-state index in [4.69, 9.17) is 5.84 Å². The molecule has 0 unspecified atom stereocenters. The van der Waals surface area contributed by atoms with Gasteiger partial charge in [-0.05, 0) is 17.9 Å². The van der Waals surface area contributed by atoms with E-state index in [0.29, 0.717) is 11.6 Å². The third kappa shape index (κ3) is 2.49. The second kappa shape index (κ2) is 5.21. The van der Waals surface area contributed by atoms with Crippen LogP contribution >= 0.6 is 11.3 Å². The highest BCUT2D eigenvalue weighted by molar-refractivity contribution is 7.09. The van der Waals surface area contributed by atoms with Crippen molar-refractivity contribution >= 4 is 34.1 Å². The van der Waals surface area contributed by atoms with E-state index < -0.39 is 0 Å². The van der Waals surface area contributed by atoms with E-state index in [0.717, 1.165) is 24.2 Å². The van der Waals surface area contributed by atoms with E-state index in [1.54, 1.807) is 17.5 Å². The van der Waals surface area contributed by atoms with Gasteiger partial charge in [0.05, 0.1) is 11.6 Å². The van der Waals surface area contributed by atoms with Gasteiger partial charge in [-0.15, -0.1) is 11.3 Å². The molecule has 0 radical (unpaired) electrons. The third-order valence-electron chi connectivity index (χ3n) is 2.68. The molecular weight excluding hydrogens is 262 g/mol. The van der Waals surface area contributed by atoms with Gasteiger partial charge in [0.1, 0.15) is 5.82 Å². The number of anilines is 2. The van der Waals surface area contributed by atoms with Crippen molar-refractivity contribution in [2.24, 2.45) is 5.84 Å². The minimum Gasteiger partial charge on any atom is -0.369 e. The molecule has 19 heavy (non-hydrogen) atoms. The maximum absolute atomic E-state index is 5.35. The summed E-state index contributed by atoms with van der Waals surface area (Å²) in [6.07, 6.45) is 2.65. The second-order valence-corrected chi connectivity index (χ2v) is 4.96. The van der Waals surface area contributed by atoms with Crippen LogP contribution in [0.2, 0.25) is 0 Å². The molecule has 0 atom stereocenters. The molecule has 0 saturated heterocycles. The van der Waals surface area contributed by atoms with E-state index in [-0.39, 0.29) is 0 Å². The summed E-state index contributed by atoms with van der Waals surface area (Å²) in [5.74, 6) is 6.43. The van der Waals surface area contributed by atoms with Crippen LogP contribution in [-0.4, -0.2) is 26.7 Å². The first kappa shape index (κ1) is 11.9. The summed E-state index contributed by atoms with van der Waals surface area (Å²) < 4.78 is 0. The zero-order valence-electron chi connectivity index (χ0n) is 10.1. The molecule has 3 aromatic rings. The van der Waals surface area contributed by atoms with Crippen LogP contribution in [0, 0.1) is 0 Å². The van der Waals surface area contributed by atoms with Crippen molar-refractivity contribution in [1.29, 1.82) is 0 Å². The summed E-state index contributed by atoms with van der Waals surface area (Å²) in [4.78, 5) is 9.80. The zero-order chi connectivity index (χ0) is 13.1. The maximum atomic E-state index is 5.35. The molecule has 5 N–H and O–H groups in total. The highest BCUT2D eigenvalue weighted by Crippen LogP contribution is 2.19. The fraction of sp³-hybridized carbons (Fsp3) is 0.182. The largest absolute Gasteiger partial charge is 0.369 e. The number of aromatic amines is 1. The maximum Gasteiger partial charge on any atom is 0.241 e. The standard InChI is InChI=1S/C11H13N7S/c12-17-11-15-9(8-6-14-18-10(8)16-11)13-4-3-7-2-1-5-19-7/h1-2,5-6H,3-4,12H2,(H3,13,14,15,16,17,18). The molecule has 0 saturated carbocycles. The summed E-state index contributed by atoms with van der Waals surface area (Å²) in [5, 5.41) is 13.0. The van der Waals surface area contributed by atoms with Gasteiger partial charge < -0.3 is 5.32 Å². The molecule has 0 bridgehead atoms. The smallest absolute Gasteiger partial charge is 0.241 e. The number of nitrogens with one attached hydrogen (secondary N) is 3. The fourth-order valence-corrected chi connectivity index (χ4v) is 2.50. The third-order valence-corrected chi connectivity index (χ3v) is 3.62. The van der Waals surface area contributed by atoms with Gasteiger partial charge in [-0.3, -0.25) is 10.5 Å². The lowest BCUT2D eigenvalue weighted by molar-refractivity contribution is 1.02. The summed E-state index contributed by atoms with van der Waals surface area (Å²) in [5.41, 5.74) is 3.10. The minimum absolute atomic E-state index is 0.357. The van der Waals surface area contributed by atoms with Crippen molar-refractivity contribution in [3.8, 4) is 0 Å². The fourth-order valence-electron chi connectivity index (χ4n) is 1.79. The number of hydrogen-bond acceptors (Lipinski definition) is 7. The van der Waals surface area contributed by atoms with E-state index >= 15 is 0 Å². The van der Waals surface area contributed by atoms with Gasteiger partial charge in [0.15, 0.2) is 5.65 Å². The van der Waals surface area contributed by atoms with Gasteiger partial charge >= 0.3 is 0 Å². The molecule has 8 heteroatoms. The van der Waals surface area contributed by atoms with Crippen molar-refractivity contribution in [3.05, 3.63) is 28.6 Å². The van der Waals surface area contributed by atoms with Gasteiger partial charge in [0.25, 0.3) is 0 Å². The van der Waals surface area contributed by atoms with Gasteiger partial charge in [0, 0.05) is 11.4 Å². The Hall–Kier alpha value is -2.19. The van der Waals surface area contributed by atoms with E-state index in [1.165, 1.54) is 4.88 Å². The molecule has 3 aromatic heterocycles. The van der Waals surface area contributed by atoms with E-state index in [1.807, 2.05) is 0 Å². The lowest BCUT2D eigenvalue weighted by atomic mass is 10.3. The normalized spacial score (nSPS) is 10.8. The summed E-state index contributed by atoms with van der Waals surface area (Å²) in [6.45, 7) is 0.793. The van der Waals surface area contributed by atoms with E-state index in [9.17, 15) is 0 Å². The zero-order valence-corrected chi connectivity index (χ0v) is 10.9. The number of hydrazine groups is 1. The van der Waals surface area contributed by atoms with Crippen LogP contribution in [0.15, 0.2) is 23.7 Å². The number of nitrogens with two attached hydrogens (primary N) is 1. The summed E-state index contributed by atoms with van der Waals surface area (Å²) in [7, 11) is 0. The Morgan fingerprint density at radius 2 is 2.32 bits per heavy atom. The molecule has 0 aromatic carbocycles. The highest BCUT2D eigenvalue weighted by Gasteiger charge is 2.08. The molecule has 7 nitrogen and oxygen atoms in total. The average molecular weight is 275 g/mol. The van der Waals surface area contributed by atoms with Crippen LogP contribution in [0.5, 0.6) is 0 Å². The molecule has 0 aliphatic heterocycles. The Labute approximate surface area is 113 Å². The van der Waals surface area contributed by atoms with Crippen molar-refractivity contribution in [1.82, 2.24) is 20.2 Å². The van der Waals surface area contributed by atoms with E-state index in [2.05, 4.69) is 48.4 Å². The number of nitrogen functional groups attached to an aromatic ring is 1. The van der Waals surface area contributed by atoms with Crippen LogP contribution in [0.3, 0.4) is 0 Å². The predicted octanol–water partition coefficient (Wildman–Crippen LogP) is 1.35. The second-order valence-electron chi connectivity index (χ2n) is 3.93. The quantitative estimate of drug-likeness (QED) is 0.414. The minimum atomic E-state index is 0.357. The molecule has 0 fully saturated rings. The lowest BCUT2D eigenvalue weighted by Gasteiger charge is -2.07.